The maximum Gasteiger partial charge on any atom is 0.411 e. The van der Waals surface area contributed by atoms with Gasteiger partial charge < -0.3 is 15.2 Å². The molecule has 0 radical (unpaired) electrons. The fourth-order valence-electron chi connectivity index (χ4n) is 4.02. The Morgan fingerprint density at radius 2 is 2.06 bits per heavy atom. The molecule has 2 aliphatic heterocycles. The van der Waals surface area contributed by atoms with Gasteiger partial charge in [0.15, 0.2) is 5.78 Å². The molecular formula is C23H23FN2O4S. The molecule has 0 bridgehead atoms. The lowest BCUT2D eigenvalue weighted by molar-refractivity contribution is -0.111. The van der Waals surface area contributed by atoms with Crippen molar-refractivity contribution in [3.8, 4) is 16.9 Å². The topological polar surface area (TPSA) is 78.9 Å². The molecule has 0 saturated heterocycles. The summed E-state index contributed by atoms with van der Waals surface area (Å²) in [5.74, 6) is 0.342. The van der Waals surface area contributed by atoms with Gasteiger partial charge in [-0.15, -0.1) is 11.8 Å². The van der Waals surface area contributed by atoms with Gasteiger partial charge in [-0.25, -0.2) is 9.18 Å². The van der Waals surface area contributed by atoms with Crippen LogP contribution in [-0.2, 0) is 4.79 Å². The highest BCUT2D eigenvalue weighted by molar-refractivity contribution is 8.04. The smallest absolute Gasteiger partial charge is 0.411 e. The summed E-state index contributed by atoms with van der Waals surface area (Å²) in [6.07, 6.45) is -1.21. The molecule has 2 aromatic carbocycles. The zero-order valence-corrected chi connectivity index (χ0v) is 18.3. The molecule has 2 N–H and O–H groups in total. The second kappa shape index (κ2) is 8.26. The van der Waals surface area contributed by atoms with Crippen LogP contribution in [0.25, 0.3) is 16.7 Å². The molecule has 31 heavy (non-hydrogen) atoms. The number of halogens is 1. The molecule has 4 rings (SSSR count). The van der Waals surface area contributed by atoms with Crippen molar-refractivity contribution >= 4 is 40.6 Å². The SMILES string of the molecule is COc1ccc2c(c1-c1ccc(N(CC(C)C)C(=O)O)c(F)c1)C1=C(CN2)SCC1=O. The molecule has 2 aliphatic rings. The molecular weight excluding hydrogens is 419 g/mol. The fraction of sp³-hybridized carbons (Fsp3) is 0.304. The van der Waals surface area contributed by atoms with Gasteiger partial charge >= 0.3 is 6.09 Å². The summed E-state index contributed by atoms with van der Waals surface area (Å²) in [6, 6.07) is 8.10. The number of nitrogens with zero attached hydrogens (tertiary/aromatic N) is 1. The fourth-order valence-corrected chi connectivity index (χ4v) is 5.00. The third-order valence-corrected chi connectivity index (χ3v) is 6.42. The van der Waals surface area contributed by atoms with Crippen LogP contribution < -0.4 is 15.0 Å². The number of carbonyl (C=O) groups is 2. The van der Waals surface area contributed by atoms with E-state index in [2.05, 4.69) is 5.32 Å². The number of nitrogens with one attached hydrogen (secondary N) is 1. The number of fused-ring (bicyclic) bond motifs is 2. The molecule has 0 spiro atoms. The second-order valence-corrected chi connectivity index (χ2v) is 8.95. The van der Waals surface area contributed by atoms with Crippen LogP contribution in [0.2, 0.25) is 0 Å². The average Bonchev–Trinajstić information content (AvgIpc) is 3.12. The van der Waals surface area contributed by atoms with Crippen LogP contribution in [0, 0.1) is 11.7 Å². The van der Waals surface area contributed by atoms with E-state index in [4.69, 9.17) is 4.74 Å². The zero-order valence-electron chi connectivity index (χ0n) is 17.5. The Morgan fingerprint density at radius 1 is 1.29 bits per heavy atom. The van der Waals surface area contributed by atoms with Gasteiger partial charge in [-0.1, -0.05) is 19.9 Å². The molecule has 0 aromatic heterocycles. The van der Waals surface area contributed by atoms with Gasteiger partial charge in [-0.2, -0.15) is 0 Å². The Hall–Kier alpha value is -3.00. The first kappa shape index (κ1) is 21.2. The highest BCUT2D eigenvalue weighted by atomic mass is 32.2. The van der Waals surface area contributed by atoms with Crippen LogP contribution in [-0.4, -0.2) is 42.9 Å². The summed E-state index contributed by atoms with van der Waals surface area (Å²) in [5, 5.41) is 12.9. The zero-order chi connectivity index (χ0) is 22.3. The Kier molecular flexibility index (Phi) is 5.66. The van der Waals surface area contributed by atoms with E-state index in [1.165, 1.54) is 31.0 Å². The van der Waals surface area contributed by atoms with E-state index >= 15 is 4.39 Å². The summed E-state index contributed by atoms with van der Waals surface area (Å²) in [4.78, 5) is 26.3. The molecule has 8 heteroatoms. The van der Waals surface area contributed by atoms with E-state index in [-0.39, 0.29) is 23.9 Å². The maximum atomic E-state index is 15.2. The first-order chi connectivity index (χ1) is 14.8. The largest absolute Gasteiger partial charge is 0.496 e. The van der Waals surface area contributed by atoms with Crippen LogP contribution in [0.15, 0.2) is 35.2 Å². The molecule has 6 nitrogen and oxygen atoms in total. The number of allylic oxidation sites excluding steroid dienone is 1. The van der Waals surface area contributed by atoms with Crippen LogP contribution in [0.5, 0.6) is 5.75 Å². The molecule has 162 valence electrons. The lowest BCUT2D eigenvalue weighted by Gasteiger charge is -2.25. The minimum Gasteiger partial charge on any atom is -0.496 e. The van der Waals surface area contributed by atoms with E-state index in [1.54, 1.807) is 12.1 Å². The molecule has 0 saturated carbocycles. The van der Waals surface area contributed by atoms with Crippen molar-refractivity contribution in [2.24, 2.45) is 5.92 Å². The predicted octanol–water partition coefficient (Wildman–Crippen LogP) is 5.09. The quantitative estimate of drug-likeness (QED) is 0.671. The van der Waals surface area contributed by atoms with Gasteiger partial charge in [-0.05, 0) is 35.7 Å². The summed E-state index contributed by atoms with van der Waals surface area (Å²) in [6.45, 7) is 4.51. The highest BCUT2D eigenvalue weighted by Crippen LogP contribution is 2.49. The van der Waals surface area contributed by atoms with E-state index < -0.39 is 11.9 Å². The van der Waals surface area contributed by atoms with Gasteiger partial charge in [0, 0.05) is 40.4 Å². The van der Waals surface area contributed by atoms with E-state index in [1.807, 2.05) is 19.9 Å². The Balaban J connectivity index is 1.87. The van der Waals surface area contributed by atoms with E-state index in [9.17, 15) is 14.7 Å². The van der Waals surface area contributed by atoms with Gasteiger partial charge in [-0.3, -0.25) is 9.69 Å². The number of amides is 1. The van der Waals surface area contributed by atoms with Crippen LogP contribution in [0.4, 0.5) is 20.6 Å². The standard InChI is InChI=1S/C23H23FN2O4S/c1-12(2)10-26(23(28)29)16-6-4-13(8-14(16)24)20-18(30-3)7-5-15-21(20)22-17(27)11-31-19(22)9-25-15/h4-8,12,25H,9-11H2,1-3H3,(H,28,29). The van der Waals surface area contributed by atoms with Crippen LogP contribution in [0.3, 0.4) is 0 Å². The third kappa shape index (κ3) is 3.76. The van der Waals surface area contributed by atoms with Crippen molar-refractivity contribution in [3.05, 3.63) is 46.6 Å². The first-order valence-electron chi connectivity index (χ1n) is 9.96. The summed E-state index contributed by atoms with van der Waals surface area (Å²) in [7, 11) is 1.53. The van der Waals surface area contributed by atoms with Crippen molar-refractivity contribution in [3.63, 3.8) is 0 Å². The number of ketones is 1. The normalized spacial score (nSPS) is 14.9. The molecule has 1 amide bonds. The van der Waals surface area contributed by atoms with Crippen LogP contribution >= 0.6 is 11.8 Å². The van der Waals surface area contributed by atoms with Crippen molar-refractivity contribution in [2.45, 2.75) is 13.8 Å². The summed E-state index contributed by atoms with van der Waals surface area (Å²) in [5.41, 5.74) is 3.29. The Morgan fingerprint density at radius 3 is 2.71 bits per heavy atom. The average molecular weight is 443 g/mol. The van der Waals surface area contributed by atoms with Crippen molar-refractivity contribution in [1.29, 1.82) is 0 Å². The number of carbonyl (C=O) groups excluding carboxylic acids is 1. The van der Waals surface area contributed by atoms with Gasteiger partial charge in [0.05, 0.1) is 18.6 Å². The highest BCUT2D eigenvalue weighted by Gasteiger charge is 2.33. The van der Waals surface area contributed by atoms with Gasteiger partial charge in [0.25, 0.3) is 0 Å². The number of anilines is 2. The van der Waals surface area contributed by atoms with Crippen molar-refractivity contribution in [1.82, 2.24) is 0 Å². The molecule has 2 aromatic rings. The maximum absolute atomic E-state index is 15.2. The predicted molar refractivity (Wildman–Crippen MR) is 121 cm³/mol. The third-order valence-electron chi connectivity index (χ3n) is 5.32. The van der Waals surface area contributed by atoms with Crippen molar-refractivity contribution in [2.75, 3.05) is 36.2 Å². The molecule has 0 aliphatic carbocycles. The Bertz CT molecular complexity index is 1110. The number of carboxylic acid groups (broad SMARTS) is 1. The minimum absolute atomic E-state index is 0.000700. The Labute approximate surface area is 184 Å². The van der Waals surface area contributed by atoms with Gasteiger partial charge in [0.1, 0.15) is 11.6 Å². The number of hydrogen-bond donors (Lipinski definition) is 2. The molecule has 0 fully saturated rings. The number of hydrogen-bond acceptors (Lipinski definition) is 5. The van der Waals surface area contributed by atoms with Crippen LogP contribution in [0.1, 0.15) is 19.4 Å². The lowest BCUT2D eigenvalue weighted by Crippen LogP contribution is -2.33. The van der Waals surface area contributed by atoms with E-state index in [0.29, 0.717) is 40.3 Å². The van der Waals surface area contributed by atoms with Gasteiger partial charge in [0.2, 0.25) is 0 Å². The molecule has 0 unspecified atom stereocenters. The summed E-state index contributed by atoms with van der Waals surface area (Å²) < 4.78 is 20.7. The number of benzene rings is 2. The number of Topliss-reactive ketones (excluding diaryl/α,β-unsaturated/α-hetero) is 1. The lowest BCUT2D eigenvalue weighted by atomic mass is 9.88. The number of ether oxygens (including phenoxy) is 1. The first-order valence-corrected chi connectivity index (χ1v) is 10.9. The number of rotatable bonds is 5. The molecule has 0 atom stereocenters. The second-order valence-electron chi connectivity index (χ2n) is 7.88. The number of methoxy groups -OCH3 is 1. The summed E-state index contributed by atoms with van der Waals surface area (Å²) >= 11 is 1.51. The van der Waals surface area contributed by atoms with Crippen molar-refractivity contribution < 1.29 is 23.8 Å². The van der Waals surface area contributed by atoms with E-state index in [0.717, 1.165) is 15.5 Å². The monoisotopic (exact) mass is 442 g/mol. The minimum atomic E-state index is -1.21. The number of thioether (sulfide) groups is 1. The molecule has 2 heterocycles.